The molecule has 0 saturated heterocycles. The minimum absolute atomic E-state index is 0.828. The molecule has 2 heteroatoms. The van der Waals surface area contributed by atoms with Crippen LogP contribution in [0.3, 0.4) is 0 Å². The van der Waals surface area contributed by atoms with Crippen LogP contribution in [0.1, 0.15) is 5.56 Å². The van der Waals surface area contributed by atoms with E-state index < -0.39 is 10.8 Å². The highest BCUT2D eigenvalue weighted by Crippen LogP contribution is 2.09. The Labute approximate surface area is 97.9 Å². The van der Waals surface area contributed by atoms with Gasteiger partial charge in [0.15, 0.2) is 0 Å². The zero-order chi connectivity index (χ0) is 11.2. The standard InChI is InChI=1S/C14H12OS/c15-16(14-9-5-2-6-10-14)12-11-13-7-3-1-4-8-13/h1-12H/b12-11+/t16-/m0/s1. The number of rotatable bonds is 3. The maximum absolute atomic E-state index is 11.8. The molecule has 0 saturated carbocycles. The van der Waals surface area contributed by atoms with E-state index in [0.717, 1.165) is 10.5 Å². The Hall–Kier alpha value is -1.67. The van der Waals surface area contributed by atoms with E-state index in [2.05, 4.69) is 0 Å². The van der Waals surface area contributed by atoms with Crippen LogP contribution >= 0.6 is 0 Å². The maximum atomic E-state index is 11.8. The van der Waals surface area contributed by atoms with Gasteiger partial charge in [-0.25, -0.2) is 4.21 Å². The molecular weight excluding hydrogens is 216 g/mol. The fourth-order valence-corrected chi connectivity index (χ4v) is 2.20. The predicted octanol–water partition coefficient (Wildman–Crippen LogP) is 3.47. The van der Waals surface area contributed by atoms with Gasteiger partial charge in [-0.05, 0) is 23.8 Å². The molecule has 0 heterocycles. The summed E-state index contributed by atoms with van der Waals surface area (Å²) in [7, 11) is -1.06. The molecule has 0 aromatic heterocycles. The number of hydrogen-bond acceptors (Lipinski definition) is 1. The van der Waals surface area contributed by atoms with Crippen LogP contribution in [0.2, 0.25) is 0 Å². The van der Waals surface area contributed by atoms with Crippen molar-refractivity contribution in [3.8, 4) is 0 Å². The van der Waals surface area contributed by atoms with Gasteiger partial charge in [0.25, 0.3) is 0 Å². The lowest BCUT2D eigenvalue weighted by molar-refractivity contribution is 0.688. The van der Waals surface area contributed by atoms with Crippen molar-refractivity contribution < 1.29 is 4.21 Å². The van der Waals surface area contributed by atoms with Gasteiger partial charge in [-0.2, -0.15) is 0 Å². The van der Waals surface area contributed by atoms with E-state index in [1.165, 1.54) is 0 Å². The molecule has 0 bridgehead atoms. The van der Waals surface area contributed by atoms with E-state index in [0.29, 0.717) is 0 Å². The SMILES string of the molecule is O=[S@@](/C=C/c1ccccc1)c1ccccc1. The maximum Gasteiger partial charge on any atom is 0.0776 e. The summed E-state index contributed by atoms with van der Waals surface area (Å²) in [5.74, 6) is 0. The predicted molar refractivity (Wildman–Crippen MR) is 68.3 cm³/mol. The van der Waals surface area contributed by atoms with Gasteiger partial charge in [0.1, 0.15) is 0 Å². The van der Waals surface area contributed by atoms with E-state index in [9.17, 15) is 4.21 Å². The fourth-order valence-electron chi connectivity index (χ4n) is 1.34. The summed E-state index contributed by atoms with van der Waals surface area (Å²) in [6, 6.07) is 19.3. The van der Waals surface area contributed by atoms with Crippen LogP contribution in [0.25, 0.3) is 6.08 Å². The second kappa shape index (κ2) is 5.42. The van der Waals surface area contributed by atoms with Gasteiger partial charge >= 0.3 is 0 Å². The first-order valence-corrected chi connectivity index (χ1v) is 6.26. The van der Waals surface area contributed by atoms with Crippen molar-refractivity contribution in [3.63, 3.8) is 0 Å². The molecule has 0 amide bonds. The molecule has 16 heavy (non-hydrogen) atoms. The molecule has 0 fully saturated rings. The zero-order valence-corrected chi connectivity index (χ0v) is 9.56. The van der Waals surface area contributed by atoms with Crippen LogP contribution in [0.15, 0.2) is 71.0 Å². The van der Waals surface area contributed by atoms with Crippen LogP contribution in [0.5, 0.6) is 0 Å². The lowest BCUT2D eigenvalue weighted by atomic mass is 10.2. The van der Waals surface area contributed by atoms with Gasteiger partial charge in [0.05, 0.1) is 10.8 Å². The largest absolute Gasteiger partial charge is 0.250 e. The van der Waals surface area contributed by atoms with Gasteiger partial charge in [0.2, 0.25) is 0 Å². The topological polar surface area (TPSA) is 17.1 Å². The highest BCUT2D eigenvalue weighted by molar-refractivity contribution is 7.88. The molecule has 0 N–H and O–H groups in total. The third kappa shape index (κ3) is 2.91. The third-order valence-corrected chi connectivity index (χ3v) is 3.28. The van der Waals surface area contributed by atoms with Gasteiger partial charge in [-0.15, -0.1) is 0 Å². The Morgan fingerprint density at radius 2 is 1.38 bits per heavy atom. The van der Waals surface area contributed by atoms with E-state index >= 15 is 0 Å². The molecular formula is C14H12OS. The van der Waals surface area contributed by atoms with Crippen molar-refractivity contribution in [2.24, 2.45) is 0 Å². The van der Waals surface area contributed by atoms with E-state index in [4.69, 9.17) is 0 Å². The van der Waals surface area contributed by atoms with Gasteiger partial charge in [-0.3, -0.25) is 0 Å². The molecule has 0 aliphatic heterocycles. The Balaban J connectivity index is 2.12. The van der Waals surface area contributed by atoms with Crippen molar-refractivity contribution in [2.75, 3.05) is 0 Å². The van der Waals surface area contributed by atoms with Gasteiger partial charge < -0.3 is 0 Å². The van der Waals surface area contributed by atoms with Crippen molar-refractivity contribution >= 4 is 16.9 Å². The first kappa shape index (κ1) is 10.8. The quantitative estimate of drug-likeness (QED) is 0.786. The highest BCUT2D eigenvalue weighted by Gasteiger charge is 1.96. The Morgan fingerprint density at radius 1 is 0.812 bits per heavy atom. The molecule has 2 aromatic rings. The van der Waals surface area contributed by atoms with E-state index in [-0.39, 0.29) is 0 Å². The molecule has 0 aliphatic rings. The molecule has 0 aliphatic carbocycles. The number of benzene rings is 2. The first-order chi connectivity index (χ1) is 7.86. The lowest BCUT2D eigenvalue weighted by Gasteiger charge is -1.95. The summed E-state index contributed by atoms with van der Waals surface area (Å²) in [5.41, 5.74) is 1.06. The molecule has 80 valence electrons. The Morgan fingerprint density at radius 3 is 2.00 bits per heavy atom. The molecule has 0 unspecified atom stereocenters. The van der Waals surface area contributed by atoms with Crippen molar-refractivity contribution in [1.29, 1.82) is 0 Å². The lowest BCUT2D eigenvalue weighted by Crippen LogP contribution is -1.84. The second-order valence-corrected chi connectivity index (χ2v) is 4.66. The molecule has 0 radical (unpaired) electrons. The zero-order valence-electron chi connectivity index (χ0n) is 8.74. The minimum atomic E-state index is -1.06. The molecule has 1 nitrogen and oxygen atoms in total. The number of hydrogen-bond donors (Lipinski definition) is 0. The summed E-state index contributed by atoms with van der Waals surface area (Å²) in [4.78, 5) is 0.828. The summed E-state index contributed by atoms with van der Waals surface area (Å²) < 4.78 is 11.8. The Bertz CT molecular complexity index is 489. The summed E-state index contributed by atoms with van der Waals surface area (Å²) in [5, 5.41) is 1.71. The molecule has 1 atom stereocenters. The van der Waals surface area contributed by atoms with E-state index in [1.807, 2.05) is 66.7 Å². The normalized spacial score (nSPS) is 12.8. The van der Waals surface area contributed by atoms with Crippen LogP contribution < -0.4 is 0 Å². The average Bonchev–Trinajstić information content (AvgIpc) is 2.38. The van der Waals surface area contributed by atoms with E-state index in [1.54, 1.807) is 5.41 Å². The molecule has 2 rings (SSSR count). The second-order valence-electron chi connectivity index (χ2n) is 3.32. The van der Waals surface area contributed by atoms with Gasteiger partial charge in [-0.1, -0.05) is 48.5 Å². The summed E-state index contributed by atoms with van der Waals surface area (Å²) >= 11 is 0. The van der Waals surface area contributed by atoms with Crippen LogP contribution in [0, 0.1) is 0 Å². The fraction of sp³-hybridized carbons (Fsp3) is 0. The highest BCUT2D eigenvalue weighted by atomic mass is 32.2. The van der Waals surface area contributed by atoms with Crippen molar-refractivity contribution in [3.05, 3.63) is 71.6 Å². The van der Waals surface area contributed by atoms with Crippen molar-refractivity contribution in [2.45, 2.75) is 4.90 Å². The summed E-state index contributed by atoms with van der Waals surface area (Å²) in [6.45, 7) is 0. The monoisotopic (exact) mass is 228 g/mol. The minimum Gasteiger partial charge on any atom is -0.250 e. The third-order valence-electron chi connectivity index (χ3n) is 2.16. The first-order valence-electron chi connectivity index (χ1n) is 5.05. The molecule has 2 aromatic carbocycles. The average molecular weight is 228 g/mol. The van der Waals surface area contributed by atoms with Crippen LogP contribution in [-0.2, 0) is 10.8 Å². The van der Waals surface area contributed by atoms with Gasteiger partial charge in [0, 0.05) is 10.3 Å². The Kier molecular flexibility index (Phi) is 3.67. The van der Waals surface area contributed by atoms with Crippen molar-refractivity contribution in [1.82, 2.24) is 0 Å². The molecule has 0 spiro atoms. The summed E-state index contributed by atoms with van der Waals surface area (Å²) in [6.07, 6.45) is 1.88. The van der Waals surface area contributed by atoms with Crippen LogP contribution in [0.4, 0.5) is 0 Å². The van der Waals surface area contributed by atoms with Crippen LogP contribution in [-0.4, -0.2) is 4.21 Å². The smallest absolute Gasteiger partial charge is 0.0776 e.